The predicted molar refractivity (Wildman–Crippen MR) is 121 cm³/mol. The molecular formula is C25H37N3O3. The van der Waals surface area contributed by atoms with Crippen molar-refractivity contribution in [2.24, 2.45) is 11.8 Å². The van der Waals surface area contributed by atoms with Crippen LogP contribution in [0.2, 0.25) is 0 Å². The molecule has 3 fully saturated rings. The molecule has 1 N–H and O–H groups in total. The van der Waals surface area contributed by atoms with Gasteiger partial charge in [0.1, 0.15) is 5.75 Å². The zero-order chi connectivity index (χ0) is 21.6. The third-order valence-corrected chi connectivity index (χ3v) is 7.11. The predicted octanol–water partition coefficient (Wildman–Crippen LogP) is 2.86. The van der Waals surface area contributed by atoms with Crippen molar-refractivity contribution in [2.75, 3.05) is 39.3 Å². The molecule has 6 heteroatoms. The minimum atomic E-state index is 0.226. The molecule has 3 saturated heterocycles. The smallest absolute Gasteiger partial charge is 0.227 e. The van der Waals surface area contributed by atoms with Crippen LogP contribution in [-0.4, -0.2) is 67.0 Å². The number of carbonyl (C=O) groups is 2. The van der Waals surface area contributed by atoms with E-state index in [4.69, 9.17) is 4.74 Å². The fourth-order valence-electron chi connectivity index (χ4n) is 5.47. The lowest BCUT2D eigenvalue weighted by molar-refractivity contribution is -0.134. The summed E-state index contributed by atoms with van der Waals surface area (Å²) in [5, 5.41) is 3.71. The molecule has 0 saturated carbocycles. The second-order valence-corrected chi connectivity index (χ2v) is 9.41. The number of carbonyl (C=O) groups excluding carboxylic acids is 2. The van der Waals surface area contributed by atoms with Gasteiger partial charge in [-0.05, 0) is 75.1 Å². The lowest BCUT2D eigenvalue weighted by Crippen LogP contribution is -2.57. The highest BCUT2D eigenvalue weighted by atomic mass is 16.5. The van der Waals surface area contributed by atoms with Crippen molar-refractivity contribution in [3.63, 3.8) is 0 Å². The van der Waals surface area contributed by atoms with Crippen molar-refractivity contribution in [1.29, 1.82) is 0 Å². The number of ether oxygens (including phenoxy) is 1. The fraction of sp³-hybridized carbons (Fsp3) is 0.680. The number of nitrogens with one attached hydrogen (secondary N) is 1. The maximum Gasteiger partial charge on any atom is 0.227 e. The molecule has 2 amide bonds. The molecule has 0 radical (unpaired) electrons. The summed E-state index contributed by atoms with van der Waals surface area (Å²) >= 11 is 0. The SMILES string of the molecule is CCOc1ccc(CC(=O)N2C[C@@H]3CN[C@H](CCCC(=O)N4CCCC4)[C@H](C3)C2)cc1. The Balaban J connectivity index is 1.25. The Bertz CT molecular complexity index is 745. The van der Waals surface area contributed by atoms with Crippen LogP contribution >= 0.6 is 0 Å². The third-order valence-electron chi connectivity index (χ3n) is 7.11. The molecule has 3 aliphatic heterocycles. The molecular weight excluding hydrogens is 390 g/mol. The first-order valence-corrected chi connectivity index (χ1v) is 12.1. The van der Waals surface area contributed by atoms with Gasteiger partial charge in [-0.15, -0.1) is 0 Å². The quantitative estimate of drug-likeness (QED) is 0.693. The summed E-state index contributed by atoms with van der Waals surface area (Å²) in [7, 11) is 0. The second kappa shape index (κ2) is 10.5. The van der Waals surface area contributed by atoms with Crippen LogP contribution in [0, 0.1) is 11.8 Å². The van der Waals surface area contributed by atoms with Crippen LogP contribution in [0.5, 0.6) is 5.75 Å². The summed E-state index contributed by atoms with van der Waals surface area (Å²) < 4.78 is 5.49. The number of nitrogens with zero attached hydrogens (tertiary/aromatic N) is 2. The Morgan fingerprint density at radius 1 is 1.06 bits per heavy atom. The molecule has 31 heavy (non-hydrogen) atoms. The van der Waals surface area contributed by atoms with Gasteiger partial charge in [-0.3, -0.25) is 9.59 Å². The van der Waals surface area contributed by atoms with Gasteiger partial charge in [0, 0.05) is 38.6 Å². The zero-order valence-corrected chi connectivity index (χ0v) is 18.9. The Hall–Kier alpha value is -2.08. The molecule has 3 aliphatic rings. The maximum atomic E-state index is 13.0. The van der Waals surface area contributed by atoms with Gasteiger partial charge in [-0.1, -0.05) is 12.1 Å². The van der Waals surface area contributed by atoms with Gasteiger partial charge in [0.05, 0.1) is 13.0 Å². The molecule has 170 valence electrons. The van der Waals surface area contributed by atoms with Gasteiger partial charge in [0.25, 0.3) is 0 Å². The highest BCUT2D eigenvalue weighted by Crippen LogP contribution is 2.31. The molecule has 1 aromatic rings. The van der Waals surface area contributed by atoms with Gasteiger partial charge in [-0.2, -0.15) is 0 Å². The monoisotopic (exact) mass is 427 g/mol. The number of amides is 2. The number of piperidine rings is 2. The Morgan fingerprint density at radius 3 is 2.58 bits per heavy atom. The largest absolute Gasteiger partial charge is 0.494 e. The van der Waals surface area contributed by atoms with E-state index < -0.39 is 0 Å². The van der Waals surface area contributed by atoms with E-state index in [1.807, 2.05) is 36.1 Å². The fourth-order valence-corrected chi connectivity index (χ4v) is 5.47. The summed E-state index contributed by atoms with van der Waals surface area (Å²) in [6.07, 6.45) is 6.58. The molecule has 0 unspecified atom stereocenters. The summed E-state index contributed by atoms with van der Waals surface area (Å²) in [6.45, 7) is 7.18. The van der Waals surface area contributed by atoms with E-state index in [-0.39, 0.29) is 5.91 Å². The van der Waals surface area contributed by atoms with E-state index in [2.05, 4.69) is 10.2 Å². The van der Waals surface area contributed by atoms with Gasteiger partial charge < -0.3 is 19.9 Å². The molecule has 0 aliphatic carbocycles. The summed E-state index contributed by atoms with van der Waals surface area (Å²) in [4.78, 5) is 29.4. The number of hydrogen-bond donors (Lipinski definition) is 1. The average Bonchev–Trinajstić information content (AvgIpc) is 3.32. The minimum Gasteiger partial charge on any atom is -0.494 e. The van der Waals surface area contributed by atoms with E-state index in [0.717, 1.165) is 69.7 Å². The highest BCUT2D eigenvalue weighted by Gasteiger charge is 2.37. The topological polar surface area (TPSA) is 61.9 Å². The Labute approximate surface area is 186 Å². The lowest BCUT2D eigenvalue weighted by Gasteiger charge is -2.46. The van der Waals surface area contributed by atoms with Crippen molar-refractivity contribution in [3.05, 3.63) is 29.8 Å². The Morgan fingerprint density at radius 2 is 1.84 bits per heavy atom. The summed E-state index contributed by atoms with van der Waals surface area (Å²) in [6, 6.07) is 8.30. The van der Waals surface area contributed by atoms with Gasteiger partial charge in [0.2, 0.25) is 11.8 Å². The lowest BCUT2D eigenvalue weighted by atomic mass is 9.79. The summed E-state index contributed by atoms with van der Waals surface area (Å²) in [5.74, 6) is 2.44. The maximum absolute atomic E-state index is 13.0. The second-order valence-electron chi connectivity index (χ2n) is 9.41. The normalized spacial score (nSPS) is 25.5. The number of rotatable bonds is 8. The van der Waals surface area contributed by atoms with Gasteiger partial charge >= 0.3 is 0 Å². The van der Waals surface area contributed by atoms with Crippen LogP contribution < -0.4 is 10.1 Å². The number of hydrogen-bond acceptors (Lipinski definition) is 4. The van der Waals surface area contributed by atoms with Crippen molar-refractivity contribution in [3.8, 4) is 5.75 Å². The van der Waals surface area contributed by atoms with Gasteiger partial charge in [0.15, 0.2) is 0 Å². The standard InChI is InChI=1S/C25H37N3O3/c1-2-31-22-10-8-19(9-11-22)15-25(30)28-17-20-14-21(18-28)23(26-16-20)6-5-7-24(29)27-12-3-4-13-27/h8-11,20-21,23,26H,2-7,12-18H2,1H3/t20-,21+,23+/m0/s1. The van der Waals surface area contributed by atoms with E-state index >= 15 is 0 Å². The van der Waals surface area contributed by atoms with Crippen molar-refractivity contribution < 1.29 is 14.3 Å². The van der Waals surface area contributed by atoms with Crippen LogP contribution in [-0.2, 0) is 16.0 Å². The molecule has 0 aromatic heterocycles. The van der Waals surface area contributed by atoms with Crippen molar-refractivity contribution >= 4 is 11.8 Å². The van der Waals surface area contributed by atoms with Crippen LogP contribution in [0.4, 0.5) is 0 Å². The first-order chi connectivity index (χ1) is 15.1. The molecule has 6 nitrogen and oxygen atoms in total. The van der Waals surface area contributed by atoms with Gasteiger partial charge in [-0.25, -0.2) is 0 Å². The van der Waals surface area contributed by atoms with Crippen LogP contribution in [0.15, 0.2) is 24.3 Å². The van der Waals surface area contributed by atoms with Crippen LogP contribution in [0.1, 0.15) is 51.0 Å². The molecule has 3 heterocycles. The highest BCUT2D eigenvalue weighted by molar-refractivity contribution is 5.79. The number of likely N-dealkylation sites (tertiary alicyclic amines) is 2. The summed E-state index contributed by atoms with van der Waals surface area (Å²) in [5.41, 5.74) is 1.04. The number of fused-ring (bicyclic) bond motifs is 2. The van der Waals surface area contributed by atoms with Crippen molar-refractivity contribution in [1.82, 2.24) is 15.1 Å². The zero-order valence-electron chi connectivity index (χ0n) is 18.9. The third kappa shape index (κ3) is 5.79. The van der Waals surface area contributed by atoms with Crippen molar-refractivity contribution in [2.45, 2.75) is 57.9 Å². The molecule has 4 rings (SSSR count). The van der Waals surface area contributed by atoms with Crippen LogP contribution in [0.3, 0.4) is 0 Å². The molecule has 1 aromatic carbocycles. The molecule has 3 atom stereocenters. The van der Waals surface area contributed by atoms with Crippen LogP contribution in [0.25, 0.3) is 0 Å². The first-order valence-electron chi connectivity index (χ1n) is 12.1. The van der Waals surface area contributed by atoms with E-state index in [0.29, 0.717) is 43.2 Å². The average molecular weight is 428 g/mol. The first kappa shape index (κ1) is 22.1. The van der Waals surface area contributed by atoms with E-state index in [1.165, 1.54) is 6.42 Å². The molecule has 0 spiro atoms. The van der Waals surface area contributed by atoms with E-state index in [9.17, 15) is 9.59 Å². The number of benzene rings is 1. The van der Waals surface area contributed by atoms with E-state index in [1.54, 1.807) is 0 Å². The molecule has 2 bridgehead atoms. The Kier molecular flexibility index (Phi) is 7.49. The minimum absolute atomic E-state index is 0.226.